The van der Waals surface area contributed by atoms with Crippen LogP contribution < -0.4 is 15.4 Å². The summed E-state index contributed by atoms with van der Waals surface area (Å²) in [4.78, 5) is 12.1. The summed E-state index contributed by atoms with van der Waals surface area (Å²) in [6, 6.07) is 14.8. The summed E-state index contributed by atoms with van der Waals surface area (Å²) in [5.41, 5.74) is 1.55. The summed E-state index contributed by atoms with van der Waals surface area (Å²) < 4.78 is 7.01. The van der Waals surface area contributed by atoms with Gasteiger partial charge in [-0.15, -0.1) is 10.2 Å². The van der Waals surface area contributed by atoms with Crippen LogP contribution in [0.1, 0.15) is 5.82 Å². The first-order valence-corrected chi connectivity index (χ1v) is 9.86. The second kappa shape index (κ2) is 9.48. The van der Waals surface area contributed by atoms with Crippen molar-refractivity contribution < 1.29 is 9.53 Å². The van der Waals surface area contributed by atoms with Gasteiger partial charge in [0.2, 0.25) is 5.91 Å². The average Bonchev–Trinajstić information content (AvgIpc) is 3.06. The molecule has 146 valence electrons. The Morgan fingerprint density at radius 3 is 2.64 bits per heavy atom. The predicted octanol–water partition coefficient (Wildman–Crippen LogP) is 3.82. The number of halogens is 1. The van der Waals surface area contributed by atoms with Gasteiger partial charge in [0.1, 0.15) is 5.75 Å². The smallest absolute Gasteiger partial charge is 0.234 e. The number of carbonyl (C=O) groups excluding carboxylic acids is 1. The van der Waals surface area contributed by atoms with E-state index in [1.807, 2.05) is 48.0 Å². The molecule has 0 saturated heterocycles. The number of thioether (sulfide) groups is 1. The Kier molecular flexibility index (Phi) is 6.78. The number of nitrogens with zero attached hydrogens (tertiary/aromatic N) is 3. The number of carbonyl (C=O) groups is 1. The third-order valence-electron chi connectivity index (χ3n) is 3.95. The molecule has 1 aromatic heterocycles. The number of para-hydroxylation sites is 1. The molecule has 3 rings (SSSR count). The average molecular weight is 418 g/mol. The molecule has 0 saturated carbocycles. The summed E-state index contributed by atoms with van der Waals surface area (Å²) in [6.07, 6.45) is 0. The molecular weight excluding hydrogens is 398 g/mol. The molecule has 0 unspecified atom stereocenters. The molecule has 0 aliphatic heterocycles. The molecule has 28 heavy (non-hydrogen) atoms. The molecule has 3 aromatic rings. The van der Waals surface area contributed by atoms with Crippen LogP contribution in [0.25, 0.3) is 0 Å². The van der Waals surface area contributed by atoms with E-state index in [0.717, 1.165) is 17.3 Å². The van der Waals surface area contributed by atoms with Gasteiger partial charge in [-0.3, -0.25) is 4.79 Å². The minimum Gasteiger partial charge on any atom is -0.497 e. The summed E-state index contributed by atoms with van der Waals surface area (Å²) >= 11 is 7.37. The number of benzene rings is 2. The third-order valence-corrected chi connectivity index (χ3v) is 5.30. The number of ether oxygens (including phenoxy) is 1. The van der Waals surface area contributed by atoms with Crippen LogP contribution in [0, 0.1) is 0 Å². The lowest BCUT2D eigenvalue weighted by molar-refractivity contribution is -0.113. The van der Waals surface area contributed by atoms with E-state index in [2.05, 4.69) is 20.8 Å². The van der Waals surface area contributed by atoms with E-state index in [-0.39, 0.29) is 11.7 Å². The van der Waals surface area contributed by atoms with Crippen LogP contribution >= 0.6 is 23.4 Å². The first kappa shape index (κ1) is 20.0. The maximum atomic E-state index is 12.1. The molecule has 7 nitrogen and oxygen atoms in total. The van der Waals surface area contributed by atoms with Crippen LogP contribution in [-0.2, 0) is 18.4 Å². The molecule has 0 spiro atoms. The van der Waals surface area contributed by atoms with Crippen LogP contribution in [0.4, 0.5) is 11.4 Å². The fourth-order valence-corrected chi connectivity index (χ4v) is 3.31. The molecular formula is C19H20ClN5O2S. The Labute approximate surface area is 172 Å². The van der Waals surface area contributed by atoms with Gasteiger partial charge in [0.25, 0.3) is 0 Å². The third kappa shape index (κ3) is 5.17. The second-order valence-electron chi connectivity index (χ2n) is 5.86. The Bertz CT molecular complexity index is 946. The Balaban J connectivity index is 1.52. The van der Waals surface area contributed by atoms with Crippen molar-refractivity contribution in [1.29, 1.82) is 0 Å². The molecule has 1 amide bonds. The highest BCUT2D eigenvalue weighted by Gasteiger charge is 2.12. The molecule has 0 aliphatic rings. The second-order valence-corrected chi connectivity index (χ2v) is 7.21. The molecule has 2 aromatic carbocycles. The van der Waals surface area contributed by atoms with Gasteiger partial charge in [0, 0.05) is 12.7 Å². The summed E-state index contributed by atoms with van der Waals surface area (Å²) in [7, 11) is 3.51. The van der Waals surface area contributed by atoms with Gasteiger partial charge in [0.05, 0.1) is 30.1 Å². The van der Waals surface area contributed by atoms with Crippen molar-refractivity contribution >= 4 is 40.6 Å². The summed E-state index contributed by atoms with van der Waals surface area (Å²) in [6.45, 7) is 0.516. The SMILES string of the molecule is COc1ccc(NCc2nnc(SCC(=O)Nc3ccccc3Cl)n2C)cc1. The molecule has 0 atom stereocenters. The number of anilines is 2. The van der Waals surface area contributed by atoms with Crippen molar-refractivity contribution in [1.82, 2.24) is 14.8 Å². The zero-order valence-electron chi connectivity index (χ0n) is 15.5. The molecule has 0 aliphatic carbocycles. The highest BCUT2D eigenvalue weighted by atomic mass is 35.5. The molecule has 0 bridgehead atoms. The minimum atomic E-state index is -0.154. The van der Waals surface area contributed by atoms with E-state index in [9.17, 15) is 4.79 Å². The van der Waals surface area contributed by atoms with E-state index in [4.69, 9.17) is 16.3 Å². The number of nitrogens with one attached hydrogen (secondary N) is 2. The standard InChI is InChI=1S/C19H20ClN5O2S/c1-25-17(11-21-13-7-9-14(27-2)10-8-13)23-24-19(25)28-12-18(26)22-16-6-4-3-5-15(16)20/h3-10,21H,11-12H2,1-2H3,(H,22,26). The first-order chi connectivity index (χ1) is 13.6. The summed E-state index contributed by atoms with van der Waals surface area (Å²) in [5.74, 6) is 1.63. The topological polar surface area (TPSA) is 81.1 Å². The van der Waals surface area contributed by atoms with E-state index in [1.54, 1.807) is 19.2 Å². The lowest BCUT2D eigenvalue weighted by atomic mass is 10.3. The van der Waals surface area contributed by atoms with E-state index in [0.29, 0.717) is 22.4 Å². The van der Waals surface area contributed by atoms with Crippen molar-refractivity contribution in [3.05, 3.63) is 59.4 Å². The number of aromatic nitrogens is 3. The minimum absolute atomic E-state index is 0.154. The zero-order valence-corrected chi connectivity index (χ0v) is 17.0. The summed E-state index contributed by atoms with van der Waals surface area (Å²) in [5, 5.41) is 15.6. The van der Waals surface area contributed by atoms with Gasteiger partial charge in [-0.2, -0.15) is 0 Å². The van der Waals surface area contributed by atoms with Gasteiger partial charge >= 0.3 is 0 Å². The van der Waals surface area contributed by atoms with E-state index in [1.165, 1.54) is 11.8 Å². The van der Waals surface area contributed by atoms with Gasteiger partial charge in [0.15, 0.2) is 11.0 Å². The maximum absolute atomic E-state index is 12.1. The lowest BCUT2D eigenvalue weighted by Crippen LogP contribution is -2.15. The predicted molar refractivity (Wildman–Crippen MR) is 112 cm³/mol. The largest absolute Gasteiger partial charge is 0.497 e. The van der Waals surface area contributed by atoms with Crippen LogP contribution in [0.15, 0.2) is 53.7 Å². The van der Waals surface area contributed by atoms with Gasteiger partial charge in [-0.05, 0) is 36.4 Å². The number of amides is 1. The molecule has 0 fully saturated rings. The molecule has 2 N–H and O–H groups in total. The Morgan fingerprint density at radius 1 is 1.18 bits per heavy atom. The monoisotopic (exact) mass is 417 g/mol. The molecule has 1 heterocycles. The van der Waals surface area contributed by atoms with Gasteiger partial charge < -0.3 is 19.9 Å². The van der Waals surface area contributed by atoms with Crippen molar-refractivity contribution in [2.45, 2.75) is 11.7 Å². The highest BCUT2D eigenvalue weighted by molar-refractivity contribution is 7.99. The van der Waals surface area contributed by atoms with Crippen LogP contribution in [0.2, 0.25) is 5.02 Å². The first-order valence-electron chi connectivity index (χ1n) is 8.50. The zero-order chi connectivity index (χ0) is 19.9. The Hall–Kier alpha value is -2.71. The van der Waals surface area contributed by atoms with Crippen molar-refractivity contribution in [3.8, 4) is 5.75 Å². The van der Waals surface area contributed by atoms with Gasteiger partial charge in [-0.25, -0.2) is 0 Å². The van der Waals surface area contributed by atoms with Crippen LogP contribution in [-0.4, -0.2) is 33.5 Å². The van der Waals surface area contributed by atoms with E-state index < -0.39 is 0 Å². The lowest BCUT2D eigenvalue weighted by Gasteiger charge is -2.08. The number of hydrogen-bond donors (Lipinski definition) is 2. The van der Waals surface area contributed by atoms with Crippen molar-refractivity contribution in [3.63, 3.8) is 0 Å². The molecule has 0 radical (unpaired) electrons. The Morgan fingerprint density at radius 2 is 1.93 bits per heavy atom. The van der Waals surface area contributed by atoms with Crippen LogP contribution in [0.5, 0.6) is 5.75 Å². The quantitative estimate of drug-likeness (QED) is 0.542. The fraction of sp³-hybridized carbons (Fsp3) is 0.211. The molecule has 9 heteroatoms. The van der Waals surface area contributed by atoms with Crippen LogP contribution in [0.3, 0.4) is 0 Å². The maximum Gasteiger partial charge on any atom is 0.234 e. The number of methoxy groups -OCH3 is 1. The fourth-order valence-electron chi connectivity index (χ4n) is 2.39. The van der Waals surface area contributed by atoms with Gasteiger partial charge in [-0.1, -0.05) is 35.5 Å². The number of hydrogen-bond acceptors (Lipinski definition) is 6. The van der Waals surface area contributed by atoms with Crippen molar-refractivity contribution in [2.24, 2.45) is 7.05 Å². The van der Waals surface area contributed by atoms with Crippen molar-refractivity contribution in [2.75, 3.05) is 23.5 Å². The number of rotatable bonds is 8. The van der Waals surface area contributed by atoms with E-state index >= 15 is 0 Å². The normalized spacial score (nSPS) is 10.5. The highest BCUT2D eigenvalue weighted by Crippen LogP contribution is 2.22.